The number of halogens is 1. The van der Waals surface area contributed by atoms with E-state index in [1.807, 2.05) is 48.7 Å². The molecular weight excluding hydrogens is 458 g/mol. The molecule has 0 aliphatic rings. The van der Waals surface area contributed by atoms with Gasteiger partial charge in [0.15, 0.2) is 12.4 Å². The summed E-state index contributed by atoms with van der Waals surface area (Å²) in [5, 5.41) is 2.97. The topological polar surface area (TPSA) is 72.5 Å². The third kappa shape index (κ3) is 6.94. The van der Waals surface area contributed by atoms with E-state index in [1.54, 1.807) is 48.2 Å². The largest absolute Gasteiger partial charge is 0.456 e. The lowest BCUT2D eigenvalue weighted by Crippen LogP contribution is -2.42. The van der Waals surface area contributed by atoms with Crippen molar-refractivity contribution in [1.82, 2.24) is 5.32 Å². The molecule has 3 aromatic rings. The Labute approximate surface area is 202 Å². The molecule has 0 saturated carbocycles. The van der Waals surface area contributed by atoms with Gasteiger partial charge in [0, 0.05) is 5.56 Å². The summed E-state index contributed by atoms with van der Waals surface area (Å²) >= 11 is 7.62. The van der Waals surface area contributed by atoms with Crippen LogP contribution in [-0.4, -0.2) is 42.3 Å². The van der Waals surface area contributed by atoms with Gasteiger partial charge in [-0.2, -0.15) is 11.8 Å². The zero-order chi connectivity index (χ0) is 23.6. The lowest BCUT2D eigenvalue weighted by Gasteiger charge is -2.17. The summed E-state index contributed by atoms with van der Waals surface area (Å²) in [6.45, 7) is -0.402. The van der Waals surface area contributed by atoms with E-state index in [9.17, 15) is 14.4 Å². The Kier molecular flexibility index (Phi) is 9.10. The Morgan fingerprint density at radius 3 is 2.21 bits per heavy atom. The van der Waals surface area contributed by atoms with Crippen LogP contribution in [0.3, 0.4) is 0 Å². The molecule has 0 spiro atoms. The fourth-order valence-corrected chi connectivity index (χ4v) is 3.86. The molecule has 7 heteroatoms. The summed E-state index contributed by atoms with van der Waals surface area (Å²) in [6, 6.07) is 22.7. The monoisotopic (exact) mass is 481 g/mol. The van der Waals surface area contributed by atoms with Crippen molar-refractivity contribution in [1.29, 1.82) is 0 Å². The standard InChI is InChI=1S/C26H24ClNO4S/c1-33-16-15-23(28-25(30)21-9-5-6-10-22(21)27)26(31)32-17-24(29)20-13-11-19(12-14-20)18-7-3-2-4-8-18/h2-14,23H,15-17H2,1H3,(H,28,30). The maximum Gasteiger partial charge on any atom is 0.329 e. The first-order valence-corrected chi connectivity index (χ1v) is 12.2. The number of carbonyl (C=O) groups excluding carboxylic acids is 3. The van der Waals surface area contributed by atoms with Crippen molar-refractivity contribution in [3.05, 3.63) is 95.0 Å². The minimum absolute atomic E-state index is 0.274. The maximum atomic E-state index is 12.6. The summed E-state index contributed by atoms with van der Waals surface area (Å²) in [4.78, 5) is 37.8. The van der Waals surface area contributed by atoms with Crippen LogP contribution in [0.15, 0.2) is 78.9 Å². The average molecular weight is 482 g/mol. The predicted molar refractivity (Wildman–Crippen MR) is 133 cm³/mol. The molecule has 0 bridgehead atoms. The highest BCUT2D eigenvalue weighted by Crippen LogP contribution is 2.19. The zero-order valence-electron chi connectivity index (χ0n) is 18.1. The van der Waals surface area contributed by atoms with Crippen LogP contribution in [0.4, 0.5) is 0 Å². The third-order valence-electron chi connectivity index (χ3n) is 4.98. The Hall–Kier alpha value is -3.09. The first-order valence-electron chi connectivity index (χ1n) is 10.4. The quantitative estimate of drug-likeness (QED) is 0.315. The normalized spacial score (nSPS) is 11.5. The highest BCUT2D eigenvalue weighted by molar-refractivity contribution is 7.98. The number of esters is 1. The number of rotatable bonds is 10. The molecule has 0 aliphatic carbocycles. The number of carbonyl (C=O) groups is 3. The molecule has 0 aliphatic heterocycles. The molecule has 0 fully saturated rings. The van der Waals surface area contributed by atoms with E-state index >= 15 is 0 Å². The smallest absolute Gasteiger partial charge is 0.329 e. The van der Waals surface area contributed by atoms with Gasteiger partial charge in [-0.3, -0.25) is 9.59 Å². The number of hydrogen-bond acceptors (Lipinski definition) is 5. The summed E-state index contributed by atoms with van der Waals surface area (Å²) in [7, 11) is 0. The van der Waals surface area contributed by atoms with Crippen LogP contribution in [0.2, 0.25) is 5.02 Å². The second kappa shape index (κ2) is 12.2. The van der Waals surface area contributed by atoms with Crippen molar-refractivity contribution in [2.24, 2.45) is 0 Å². The lowest BCUT2D eigenvalue weighted by molar-refractivity contribution is -0.144. The molecule has 0 aromatic heterocycles. The second-order valence-corrected chi connectivity index (χ2v) is 8.65. The Morgan fingerprint density at radius 1 is 0.909 bits per heavy atom. The van der Waals surface area contributed by atoms with Crippen LogP contribution in [0, 0.1) is 0 Å². The first kappa shape index (κ1) is 24.6. The third-order valence-corrected chi connectivity index (χ3v) is 5.95. The van der Waals surface area contributed by atoms with Crippen LogP contribution in [0.5, 0.6) is 0 Å². The summed E-state index contributed by atoms with van der Waals surface area (Å²) in [5.41, 5.74) is 2.76. The molecular formula is C26H24ClNO4S. The fourth-order valence-electron chi connectivity index (χ4n) is 3.17. The van der Waals surface area contributed by atoms with Gasteiger partial charge in [-0.25, -0.2) is 4.79 Å². The summed E-state index contributed by atoms with van der Waals surface area (Å²) in [6.07, 6.45) is 2.27. The minimum Gasteiger partial charge on any atom is -0.456 e. The number of thioether (sulfide) groups is 1. The van der Waals surface area contributed by atoms with E-state index < -0.39 is 24.5 Å². The number of benzene rings is 3. The maximum absolute atomic E-state index is 12.6. The molecule has 1 N–H and O–H groups in total. The zero-order valence-corrected chi connectivity index (χ0v) is 19.7. The molecule has 0 radical (unpaired) electrons. The van der Waals surface area contributed by atoms with Crippen LogP contribution in [-0.2, 0) is 9.53 Å². The van der Waals surface area contributed by atoms with Gasteiger partial charge in [-0.05, 0) is 41.7 Å². The SMILES string of the molecule is CSCCC(NC(=O)c1ccccc1Cl)C(=O)OCC(=O)c1ccc(-c2ccccc2)cc1. The minimum atomic E-state index is -0.880. The van der Waals surface area contributed by atoms with Crippen molar-refractivity contribution >= 4 is 41.0 Å². The van der Waals surface area contributed by atoms with Gasteiger partial charge in [0.2, 0.25) is 0 Å². The van der Waals surface area contributed by atoms with Crippen LogP contribution in [0.25, 0.3) is 11.1 Å². The Balaban J connectivity index is 1.60. The molecule has 0 saturated heterocycles. The van der Waals surface area contributed by atoms with Crippen molar-refractivity contribution in [3.63, 3.8) is 0 Å². The molecule has 1 unspecified atom stereocenters. The molecule has 5 nitrogen and oxygen atoms in total. The molecule has 1 atom stereocenters. The van der Waals surface area contributed by atoms with E-state index in [0.717, 1.165) is 11.1 Å². The highest BCUT2D eigenvalue weighted by Gasteiger charge is 2.24. The molecule has 33 heavy (non-hydrogen) atoms. The van der Waals surface area contributed by atoms with E-state index in [1.165, 1.54) is 0 Å². The van der Waals surface area contributed by atoms with Crippen molar-refractivity contribution in [2.75, 3.05) is 18.6 Å². The number of ketones is 1. The number of amides is 1. The summed E-state index contributed by atoms with van der Waals surface area (Å²) in [5.74, 6) is -0.800. The van der Waals surface area contributed by atoms with E-state index in [2.05, 4.69) is 5.32 Å². The van der Waals surface area contributed by atoms with Crippen LogP contribution >= 0.6 is 23.4 Å². The Bertz CT molecular complexity index is 1100. The van der Waals surface area contributed by atoms with Gasteiger partial charge in [0.05, 0.1) is 10.6 Å². The van der Waals surface area contributed by atoms with Crippen molar-refractivity contribution in [3.8, 4) is 11.1 Å². The number of Topliss-reactive ketones (excluding diaryl/α,β-unsaturated/α-hetero) is 1. The van der Waals surface area contributed by atoms with Crippen molar-refractivity contribution in [2.45, 2.75) is 12.5 Å². The van der Waals surface area contributed by atoms with E-state index in [4.69, 9.17) is 16.3 Å². The van der Waals surface area contributed by atoms with E-state index in [-0.39, 0.29) is 11.3 Å². The summed E-state index contributed by atoms with van der Waals surface area (Å²) < 4.78 is 5.25. The average Bonchev–Trinajstić information content (AvgIpc) is 2.85. The van der Waals surface area contributed by atoms with Gasteiger partial charge in [-0.1, -0.05) is 78.3 Å². The first-order chi connectivity index (χ1) is 16.0. The molecule has 0 heterocycles. The number of ether oxygens (including phenoxy) is 1. The second-order valence-electron chi connectivity index (χ2n) is 7.26. The molecule has 3 aromatic carbocycles. The predicted octanol–water partition coefficient (Wildman–Crippen LogP) is 5.28. The molecule has 3 rings (SSSR count). The van der Waals surface area contributed by atoms with Crippen molar-refractivity contribution < 1.29 is 19.1 Å². The van der Waals surface area contributed by atoms with Crippen LogP contribution in [0.1, 0.15) is 27.1 Å². The fraction of sp³-hybridized carbons (Fsp3) is 0.192. The highest BCUT2D eigenvalue weighted by atomic mass is 35.5. The van der Waals surface area contributed by atoms with Crippen LogP contribution < -0.4 is 5.32 Å². The van der Waals surface area contributed by atoms with Gasteiger partial charge in [0.25, 0.3) is 5.91 Å². The lowest BCUT2D eigenvalue weighted by atomic mass is 10.0. The van der Waals surface area contributed by atoms with Gasteiger partial charge in [-0.15, -0.1) is 0 Å². The van der Waals surface area contributed by atoms with E-state index in [0.29, 0.717) is 22.8 Å². The number of hydrogen-bond donors (Lipinski definition) is 1. The Morgan fingerprint density at radius 2 is 1.55 bits per heavy atom. The number of nitrogens with one attached hydrogen (secondary N) is 1. The van der Waals surface area contributed by atoms with Gasteiger partial charge in [0.1, 0.15) is 6.04 Å². The molecule has 1 amide bonds. The van der Waals surface area contributed by atoms with Gasteiger partial charge < -0.3 is 10.1 Å². The molecule has 170 valence electrons. The van der Waals surface area contributed by atoms with Gasteiger partial charge >= 0.3 is 5.97 Å².